The summed E-state index contributed by atoms with van der Waals surface area (Å²) in [5, 5.41) is 0. The first-order valence-corrected chi connectivity index (χ1v) is 7.94. The molecule has 0 aliphatic carbocycles. The van der Waals surface area contributed by atoms with Crippen LogP contribution in [0.1, 0.15) is 51.8 Å². The molecule has 0 saturated heterocycles. The third kappa shape index (κ3) is 3.81. The maximum absolute atomic E-state index is 12.6. The minimum Gasteiger partial charge on any atom is -0.481 e. The van der Waals surface area contributed by atoms with Gasteiger partial charge in [-0.15, -0.1) is 0 Å². The second kappa shape index (κ2) is 7.95. The normalized spacial score (nSPS) is 15.2. The summed E-state index contributed by atoms with van der Waals surface area (Å²) in [4.78, 5) is 17.0. The Labute approximate surface area is 139 Å². The van der Waals surface area contributed by atoms with Crippen LogP contribution in [0.2, 0.25) is 0 Å². The van der Waals surface area contributed by atoms with Gasteiger partial charge in [-0.25, -0.2) is 4.98 Å². The smallest absolute Gasteiger partial charge is 0.232 e. The van der Waals surface area contributed by atoms with Crippen molar-refractivity contribution in [2.45, 2.75) is 52.9 Å². The zero-order valence-corrected chi connectivity index (χ0v) is 15.1. The molecular weight excluding hydrogens is 288 g/mol. The molecule has 23 heavy (non-hydrogen) atoms. The van der Waals surface area contributed by atoms with E-state index in [-0.39, 0.29) is 5.91 Å². The number of primary amides is 1. The predicted octanol–water partition coefficient (Wildman–Crippen LogP) is 3.83. The van der Waals surface area contributed by atoms with Gasteiger partial charge in [0.25, 0.3) is 0 Å². The fourth-order valence-electron chi connectivity index (χ4n) is 3.05. The zero-order valence-electron chi connectivity index (χ0n) is 15.1. The highest BCUT2D eigenvalue weighted by molar-refractivity contribution is 5.91. The predicted molar refractivity (Wildman–Crippen MR) is 94.5 cm³/mol. The average molecular weight is 316 g/mol. The summed E-state index contributed by atoms with van der Waals surface area (Å²) < 4.78 is 5.18. The van der Waals surface area contributed by atoms with Gasteiger partial charge in [0.05, 0.1) is 12.5 Å². The van der Waals surface area contributed by atoms with E-state index in [2.05, 4.69) is 18.0 Å². The van der Waals surface area contributed by atoms with Gasteiger partial charge in [0, 0.05) is 11.8 Å². The van der Waals surface area contributed by atoms with E-state index in [1.165, 1.54) is 0 Å². The number of aryl methyl sites for hydroxylation is 1. The largest absolute Gasteiger partial charge is 0.481 e. The Bertz CT molecular complexity index is 632. The van der Waals surface area contributed by atoms with Crippen LogP contribution < -0.4 is 10.5 Å². The van der Waals surface area contributed by atoms with Crippen molar-refractivity contribution in [3.05, 3.63) is 46.7 Å². The first-order chi connectivity index (χ1) is 10.8. The van der Waals surface area contributed by atoms with E-state index >= 15 is 0 Å². The van der Waals surface area contributed by atoms with Crippen molar-refractivity contribution in [3.63, 3.8) is 0 Å². The standard InChI is InChI=1S/C19H28N2O2/c1-7-9-13(3)12-19(18(20)22,14(4)8-2)16-10-11-17(23-6)21-15(16)5/h8-11H,7,12H2,1-6H3,(H2,20,22)/b13-9-,14-8+/t19-/m0/s1. The molecule has 0 aliphatic heterocycles. The zero-order chi connectivity index (χ0) is 17.6. The summed E-state index contributed by atoms with van der Waals surface area (Å²) in [5.41, 5.74) is 8.69. The minimum atomic E-state index is -0.881. The third-order valence-electron chi connectivity index (χ3n) is 4.35. The van der Waals surface area contributed by atoms with Crippen molar-refractivity contribution in [2.24, 2.45) is 5.73 Å². The highest BCUT2D eigenvalue weighted by atomic mass is 16.5. The van der Waals surface area contributed by atoms with Crippen LogP contribution in [0.4, 0.5) is 0 Å². The summed E-state index contributed by atoms with van der Waals surface area (Å²) in [7, 11) is 1.58. The second-order valence-electron chi connectivity index (χ2n) is 5.86. The number of nitrogens with zero attached hydrogens (tertiary/aromatic N) is 1. The van der Waals surface area contributed by atoms with Crippen LogP contribution in [0.5, 0.6) is 5.88 Å². The van der Waals surface area contributed by atoms with Crippen molar-refractivity contribution < 1.29 is 9.53 Å². The van der Waals surface area contributed by atoms with Crippen molar-refractivity contribution in [1.82, 2.24) is 4.98 Å². The lowest BCUT2D eigenvalue weighted by atomic mass is 9.69. The second-order valence-corrected chi connectivity index (χ2v) is 5.86. The molecular formula is C19H28N2O2. The van der Waals surface area contributed by atoms with Gasteiger partial charge in [0.15, 0.2) is 0 Å². The van der Waals surface area contributed by atoms with Gasteiger partial charge in [0.2, 0.25) is 11.8 Å². The molecule has 1 rings (SSSR count). The Morgan fingerprint density at radius 2 is 2.04 bits per heavy atom. The molecule has 0 aliphatic rings. The maximum atomic E-state index is 12.6. The highest BCUT2D eigenvalue weighted by Crippen LogP contribution is 2.40. The number of rotatable bonds is 7. The summed E-state index contributed by atoms with van der Waals surface area (Å²) in [6, 6.07) is 3.68. The number of carbonyl (C=O) groups is 1. The lowest BCUT2D eigenvalue weighted by Gasteiger charge is -2.34. The van der Waals surface area contributed by atoms with E-state index in [1.807, 2.05) is 39.8 Å². The van der Waals surface area contributed by atoms with E-state index in [1.54, 1.807) is 13.2 Å². The van der Waals surface area contributed by atoms with Gasteiger partial charge in [0.1, 0.15) is 0 Å². The highest BCUT2D eigenvalue weighted by Gasteiger charge is 2.41. The quantitative estimate of drug-likeness (QED) is 0.777. The first kappa shape index (κ1) is 18.9. The van der Waals surface area contributed by atoms with E-state index in [0.717, 1.165) is 28.8 Å². The molecule has 1 aromatic rings. The minimum absolute atomic E-state index is 0.355. The van der Waals surface area contributed by atoms with Crippen molar-refractivity contribution in [1.29, 1.82) is 0 Å². The number of amides is 1. The molecule has 126 valence electrons. The number of allylic oxidation sites excluding steroid dienone is 3. The van der Waals surface area contributed by atoms with Gasteiger partial charge < -0.3 is 10.5 Å². The summed E-state index contributed by atoms with van der Waals surface area (Å²) in [6.45, 7) is 9.89. The first-order valence-electron chi connectivity index (χ1n) is 7.94. The lowest BCUT2D eigenvalue weighted by Crippen LogP contribution is -2.43. The number of hydrogen-bond acceptors (Lipinski definition) is 3. The summed E-state index contributed by atoms with van der Waals surface area (Å²) in [5.74, 6) is 0.176. The van der Waals surface area contributed by atoms with Crippen molar-refractivity contribution >= 4 is 5.91 Å². The molecule has 0 saturated carbocycles. The van der Waals surface area contributed by atoms with Gasteiger partial charge in [-0.05, 0) is 46.1 Å². The Morgan fingerprint density at radius 3 is 2.48 bits per heavy atom. The van der Waals surface area contributed by atoms with Crippen molar-refractivity contribution in [2.75, 3.05) is 7.11 Å². The average Bonchev–Trinajstić information content (AvgIpc) is 2.51. The van der Waals surface area contributed by atoms with Crippen LogP contribution in [0, 0.1) is 6.92 Å². The van der Waals surface area contributed by atoms with Crippen LogP contribution in [-0.2, 0) is 10.2 Å². The van der Waals surface area contributed by atoms with Crippen LogP contribution in [0.3, 0.4) is 0 Å². The topological polar surface area (TPSA) is 65.2 Å². The number of nitrogens with two attached hydrogens (primary N) is 1. The molecule has 1 heterocycles. The number of aromatic nitrogens is 1. The Kier molecular flexibility index (Phi) is 6.55. The number of carbonyl (C=O) groups excluding carboxylic acids is 1. The molecule has 4 nitrogen and oxygen atoms in total. The molecule has 0 fully saturated rings. The van der Waals surface area contributed by atoms with Crippen LogP contribution in [-0.4, -0.2) is 18.0 Å². The number of methoxy groups -OCH3 is 1. The van der Waals surface area contributed by atoms with Crippen LogP contribution in [0.15, 0.2) is 35.4 Å². The number of ether oxygens (including phenoxy) is 1. The fraction of sp³-hybridized carbons (Fsp3) is 0.474. The molecule has 0 unspecified atom stereocenters. The molecule has 1 amide bonds. The lowest BCUT2D eigenvalue weighted by molar-refractivity contribution is -0.122. The number of pyridine rings is 1. The van der Waals surface area contributed by atoms with Gasteiger partial charge in [-0.1, -0.05) is 36.3 Å². The molecule has 2 N–H and O–H groups in total. The molecule has 4 heteroatoms. The SMILES string of the molecule is C/C=C(\C)[C@](C/C(C)=C\CC)(C(N)=O)c1ccc(OC)nc1C. The van der Waals surface area contributed by atoms with Gasteiger partial charge in [-0.3, -0.25) is 4.79 Å². The molecule has 1 aromatic heterocycles. The maximum Gasteiger partial charge on any atom is 0.232 e. The van der Waals surface area contributed by atoms with E-state index < -0.39 is 5.41 Å². The van der Waals surface area contributed by atoms with E-state index in [9.17, 15) is 4.79 Å². The van der Waals surface area contributed by atoms with Gasteiger partial charge in [-0.2, -0.15) is 0 Å². The molecule has 0 spiro atoms. The van der Waals surface area contributed by atoms with E-state index in [4.69, 9.17) is 10.5 Å². The molecule has 0 aromatic carbocycles. The van der Waals surface area contributed by atoms with Crippen LogP contribution >= 0.6 is 0 Å². The van der Waals surface area contributed by atoms with E-state index in [0.29, 0.717) is 12.3 Å². The fourth-order valence-corrected chi connectivity index (χ4v) is 3.05. The Balaban J connectivity index is 3.62. The monoisotopic (exact) mass is 316 g/mol. The molecule has 0 bridgehead atoms. The molecule has 0 radical (unpaired) electrons. The summed E-state index contributed by atoms with van der Waals surface area (Å²) >= 11 is 0. The van der Waals surface area contributed by atoms with Gasteiger partial charge >= 0.3 is 0 Å². The van der Waals surface area contributed by atoms with Crippen LogP contribution in [0.25, 0.3) is 0 Å². The summed E-state index contributed by atoms with van der Waals surface area (Å²) in [6.07, 6.45) is 5.57. The molecule has 1 atom stereocenters. The number of hydrogen-bond donors (Lipinski definition) is 1. The van der Waals surface area contributed by atoms with Crippen molar-refractivity contribution in [3.8, 4) is 5.88 Å². The third-order valence-corrected chi connectivity index (χ3v) is 4.35. The Hall–Kier alpha value is -2.10. The Morgan fingerprint density at radius 1 is 1.39 bits per heavy atom.